The molecule has 0 aliphatic heterocycles. The van der Waals surface area contributed by atoms with E-state index in [1.807, 2.05) is 62.9 Å². The minimum Gasteiger partial charge on any atom is -0.507 e. The van der Waals surface area contributed by atoms with Gasteiger partial charge in [0.1, 0.15) is 17.1 Å². The van der Waals surface area contributed by atoms with Crippen LogP contribution in [0.15, 0.2) is 75.9 Å². The lowest BCUT2D eigenvalue weighted by Crippen LogP contribution is -2.31. The first-order valence-corrected chi connectivity index (χ1v) is 12.9. The van der Waals surface area contributed by atoms with E-state index < -0.39 is 23.1 Å². The highest BCUT2D eigenvalue weighted by Crippen LogP contribution is 2.40. The molecular weight excluding hydrogens is 507 g/mol. The molecule has 0 spiro atoms. The van der Waals surface area contributed by atoms with Gasteiger partial charge >= 0.3 is 6.18 Å². The standard InChI is InChI=1S/C31H32F3NO4/c1-19(2)16-35(17-20(3)4)18-25-26(36)15-14-24-27(37)29(30(31(32,33)34)39-28(24)25)38-23-12-10-22(11-13-23)21-8-6-5-7-9-21/h5-15,19-20,36H,16-18H2,1-4H3. The van der Waals surface area contributed by atoms with Crippen molar-refractivity contribution in [2.24, 2.45) is 11.8 Å². The first kappa shape index (κ1) is 28.2. The van der Waals surface area contributed by atoms with Crippen LogP contribution < -0.4 is 10.2 Å². The van der Waals surface area contributed by atoms with Gasteiger partial charge in [-0.3, -0.25) is 9.69 Å². The second kappa shape index (κ2) is 11.5. The van der Waals surface area contributed by atoms with Crippen molar-refractivity contribution in [3.63, 3.8) is 0 Å². The lowest BCUT2D eigenvalue weighted by atomic mass is 10.1. The maximum atomic E-state index is 14.2. The quantitative estimate of drug-likeness (QED) is 0.233. The number of aromatic hydroxyl groups is 1. The third-order valence-electron chi connectivity index (χ3n) is 6.16. The van der Waals surface area contributed by atoms with Gasteiger partial charge < -0.3 is 14.3 Å². The minimum absolute atomic E-state index is 0.0610. The molecule has 0 aliphatic rings. The van der Waals surface area contributed by atoms with Crippen LogP contribution in [0.5, 0.6) is 17.2 Å². The Hall–Kier alpha value is -3.78. The summed E-state index contributed by atoms with van der Waals surface area (Å²) in [5.74, 6) is -2.09. The monoisotopic (exact) mass is 539 g/mol. The molecule has 0 amide bonds. The van der Waals surface area contributed by atoms with Gasteiger partial charge in [0.2, 0.25) is 11.2 Å². The fourth-order valence-electron chi connectivity index (χ4n) is 4.64. The summed E-state index contributed by atoms with van der Waals surface area (Å²) in [6, 6.07) is 18.5. The van der Waals surface area contributed by atoms with Crippen molar-refractivity contribution < 1.29 is 27.4 Å². The van der Waals surface area contributed by atoms with E-state index in [0.29, 0.717) is 13.1 Å². The molecule has 0 atom stereocenters. The zero-order valence-corrected chi connectivity index (χ0v) is 22.4. The fraction of sp³-hybridized carbons (Fsp3) is 0.323. The number of halogens is 3. The molecule has 0 aliphatic carbocycles. The molecule has 4 rings (SSSR count). The number of fused-ring (bicyclic) bond motifs is 1. The van der Waals surface area contributed by atoms with Crippen molar-refractivity contribution in [3.05, 3.63) is 88.3 Å². The Morgan fingerprint density at radius 3 is 2.03 bits per heavy atom. The van der Waals surface area contributed by atoms with E-state index in [1.54, 1.807) is 12.1 Å². The molecule has 0 fully saturated rings. The number of hydrogen-bond acceptors (Lipinski definition) is 5. The highest BCUT2D eigenvalue weighted by molar-refractivity contribution is 5.83. The smallest absolute Gasteiger partial charge is 0.453 e. The van der Waals surface area contributed by atoms with Crippen LogP contribution in [0.1, 0.15) is 39.0 Å². The number of benzene rings is 3. The summed E-state index contributed by atoms with van der Waals surface area (Å²) in [6.07, 6.45) is -5.01. The number of phenols is 1. The lowest BCUT2D eigenvalue weighted by Gasteiger charge is -2.26. The Morgan fingerprint density at radius 1 is 0.872 bits per heavy atom. The van der Waals surface area contributed by atoms with E-state index in [-0.39, 0.29) is 46.4 Å². The van der Waals surface area contributed by atoms with Gasteiger partial charge in [-0.05, 0) is 47.2 Å². The van der Waals surface area contributed by atoms with Gasteiger partial charge in [0.15, 0.2) is 0 Å². The third-order valence-corrected chi connectivity index (χ3v) is 6.16. The Labute approximate surface area is 225 Å². The molecule has 0 radical (unpaired) electrons. The first-order chi connectivity index (χ1) is 18.4. The summed E-state index contributed by atoms with van der Waals surface area (Å²) in [5, 5.41) is 10.5. The summed E-state index contributed by atoms with van der Waals surface area (Å²) < 4.78 is 53.5. The predicted molar refractivity (Wildman–Crippen MR) is 146 cm³/mol. The average molecular weight is 540 g/mol. The van der Waals surface area contributed by atoms with Crippen molar-refractivity contribution in [2.75, 3.05) is 13.1 Å². The Morgan fingerprint density at radius 2 is 1.46 bits per heavy atom. The van der Waals surface area contributed by atoms with Crippen LogP contribution in [-0.2, 0) is 12.7 Å². The van der Waals surface area contributed by atoms with E-state index in [1.165, 1.54) is 24.3 Å². The number of hydrogen-bond donors (Lipinski definition) is 1. The Balaban J connectivity index is 1.79. The van der Waals surface area contributed by atoms with Gasteiger partial charge in [0.05, 0.1) is 10.9 Å². The maximum absolute atomic E-state index is 14.2. The number of phenolic OH excluding ortho intramolecular Hbond substituents is 1. The van der Waals surface area contributed by atoms with Gasteiger partial charge in [-0.15, -0.1) is 0 Å². The van der Waals surface area contributed by atoms with E-state index in [2.05, 4.69) is 0 Å². The van der Waals surface area contributed by atoms with Gasteiger partial charge in [-0.25, -0.2) is 0 Å². The highest BCUT2D eigenvalue weighted by Gasteiger charge is 2.41. The Bertz CT molecular complexity index is 1470. The molecule has 4 aromatic rings. The van der Waals surface area contributed by atoms with Crippen LogP contribution >= 0.6 is 0 Å². The van der Waals surface area contributed by atoms with Crippen molar-refractivity contribution in [1.29, 1.82) is 0 Å². The summed E-state index contributed by atoms with van der Waals surface area (Å²) in [4.78, 5) is 15.5. The van der Waals surface area contributed by atoms with Gasteiger partial charge in [0, 0.05) is 19.6 Å². The van der Waals surface area contributed by atoms with E-state index >= 15 is 0 Å². The topological polar surface area (TPSA) is 62.9 Å². The molecule has 0 saturated heterocycles. The van der Waals surface area contributed by atoms with E-state index in [4.69, 9.17) is 9.15 Å². The molecule has 1 N–H and O–H groups in total. The van der Waals surface area contributed by atoms with Crippen molar-refractivity contribution in [3.8, 4) is 28.4 Å². The van der Waals surface area contributed by atoms with Crippen LogP contribution in [-0.4, -0.2) is 23.1 Å². The normalized spacial score (nSPS) is 12.2. The molecule has 3 aromatic carbocycles. The summed E-state index contributed by atoms with van der Waals surface area (Å²) >= 11 is 0. The molecule has 5 nitrogen and oxygen atoms in total. The Kier molecular flexibility index (Phi) is 8.35. The predicted octanol–water partition coefficient (Wildman–Crippen LogP) is 8.09. The molecule has 206 valence electrons. The first-order valence-electron chi connectivity index (χ1n) is 12.9. The van der Waals surface area contributed by atoms with Gasteiger partial charge in [0.25, 0.3) is 5.76 Å². The van der Waals surface area contributed by atoms with Crippen molar-refractivity contribution in [1.82, 2.24) is 4.90 Å². The van der Waals surface area contributed by atoms with Crippen LogP contribution in [0.2, 0.25) is 0 Å². The van der Waals surface area contributed by atoms with Crippen LogP contribution in [0.25, 0.3) is 22.1 Å². The molecule has 39 heavy (non-hydrogen) atoms. The second-order valence-electron chi connectivity index (χ2n) is 10.5. The fourth-order valence-corrected chi connectivity index (χ4v) is 4.64. The second-order valence-corrected chi connectivity index (χ2v) is 10.5. The van der Waals surface area contributed by atoms with Crippen LogP contribution in [0.4, 0.5) is 13.2 Å². The summed E-state index contributed by atoms with van der Waals surface area (Å²) in [5.41, 5.74) is 0.654. The molecule has 1 heterocycles. The van der Waals surface area contributed by atoms with Gasteiger partial charge in [-0.1, -0.05) is 70.2 Å². The van der Waals surface area contributed by atoms with Crippen molar-refractivity contribution >= 4 is 11.0 Å². The van der Waals surface area contributed by atoms with Crippen LogP contribution in [0, 0.1) is 11.8 Å². The minimum atomic E-state index is -5.01. The maximum Gasteiger partial charge on any atom is 0.453 e. The molecule has 0 unspecified atom stereocenters. The molecular formula is C31H32F3NO4. The largest absolute Gasteiger partial charge is 0.507 e. The SMILES string of the molecule is CC(C)CN(Cc1c(O)ccc2c(=O)c(Oc3ccc(-c4ccccc4)cc3)c(C(F)(F)F)oc12)CC(C)C. The van der Waals surface area contributed by atoms with Gasteiger partial charge in [-0.2, -0.15) is 13.2 Å². The third kappa shape index (κ3) is 6.63. The zero-order chi connectivity index (χ0) is 28.3. The average Bonchev–Trinajstić information content (AvgIpc) is 2.86. The lowest BCUT2D eigenvalue weighted by molar-refractivity contribution is -0.154. The number of ether oxygens (including phenoxy) is 1. The number of alkyl halides is 3. The molecule has 1 aromatic heterocycles. The molecule has 8 heteroatoms. The summed E-state index contributed by atoms with van der Waals surface area (Å²) in [6.45, 7) is 9.58. The number of nitrogens with zero attached hydrogens (tertiary/aromatic N) is 1. The molecule has 0 bridgehead atoms. The molecule has 0 saturated carbocycles. The summed E-state index contributed by atoms with van der Waals surface area (Å²) in [7, 11) is 0. The van der Waals surface area contributed by atoms with E-state index in [9.17, 15) is 23.1 Å². The van der Waals surface area contributed by atoms with Crippen molar-refractivity contribution in [2.45, 2.75) is 40.4 Å². The highest BCUT2D eigenvalue weighted by atomic mass is 19.4. The van der Waals surface area contributed by atoms with E-state index in [0.717, 1.165) is 11.1 Å². The number of rotatable bonds is 9. The van der Waals surface area contributed by atoms with Crippen LogP contribution in [0.3, 0.4) is 0 Å². The zero-order valence-electron chi connectivity index (χ0n) is 22.4.